The van der Waals surface area contributed by atoms with Gasteiger partial charge in [0.25, 0.3) is 5.91 Å². The Morgan fingerprint density at radius 1 is 1.19 bits per heavy atom. The number of carbonyl (C=O) groups is 2. The van der Waals surface area contributed by atoms with Crippen LogP contribution >= 0.6 is 11.9 Å². The highest BCUT2D eigenvalue weighted by Gasteiger charge is 2.12. The number of amides is 2. The molecule has 7 nitrogen and oxygen atoms in total. The van der Waals surface area contributed by atoms with Gasteiger partial charge in [-0.25, -0.2) is 9.37 Å². The lowest BCUT2D eigenvalue weighted by molar-refractivity contribution is -0.116. The van der Waals surface area contributed by atoms with Crippen LogP contribution in [0.3, 0.4) is 0 Å². The standard InChI is InChI=1S/C22H20FN5O2S/c1-3-21(29)25-13-15-8-9-24-18(11-15)16-10-14(2)26-19(12-16)22(30)27-28-31-20-7-5-4-6-17(20)23/h3-12,28H,1,13H2,2H3,(H,25,29)(H,27,30). The molecule has 3 aromatic rings. The molecule has 0 aliphatic heterocycles. The van der Waals surface area contributed by atoms with Gasteiger partial charge in [-0.3, -0.25) is 20.0 Å². The minimum absolute atomic E-state index is 0.184. The summed E-state index contributed by atoms with van der Waals surface area (Å²) in [7, 11) is 0. The molecule has 0 unspecified atom stereocenters. The SMILES string of the molecule is C=CC(=O)NCc1ccnc(-c2cc(C)nc(C(=O)NNSc3ccccc3F)c2)c1. The number of hydrogen-bond donors (Lipinski definition) is 3. The van der Waals surface area contributed by atoms with E-state index in [1.54, 1.807) is 43.5 Å². The summed E-state index contributed by atoms with van der Waals surface area (Å²) in [6.45, 7) is 5.52. The number of aryl methyl sites for hydroxylation is 1. The second-order valence-corrected chi connectivity index (χ2v) is 7.29. The number of hydrazine groups is 1. The molecule has 1 aromatic carbocycles. The summed E-state index contributed by atoms with van der Waals surface area (Å²) in [4.78, 5) is 35.5. The molecular weight excluding hydrogens is 417 g/mol. The highest BCUT2D eigenvalue weighted by molar-refractivity contribution is 7.97. The summed E-state index contributed by atoms with van der Waals surface area (Å²) < 4.78 is 13.7. The minimum Gasteiger partial charge on any atom is -0.348 e. The topological polar surface area (TPSA) is 96.0 Å². The van der Waals surface area contributed by atoms with Gasteiger partial charge in [-0.05, 0) is 66.9 Å². The van der Waals surface area contributed by atoms with E-state index in [9.17, 15) is 14.0 Å². The van der Waals surface area contributed by atoms with Crippen LogP contribution in [0.5, 0.6) is 0 Å². The molecule has 3 rings (SSSR count). The van der Waals surface area contributed by atoms with Crippen molar-refractivity contribution in [2.45, 2.75) is 18.4 Å². The average Bonchev–Trinajstić information content (AvgIpc) is 2.78. The van der Waals surface area contributed by atoms with Crippen LogP contribution in [0.2, 0.25) is 0 Å². The van der Waals surface area contributed by atoms with Crippen molar-refractivity contribution in [1.82, 2.24) is 25.5 Å². The monoisotopic (exact) mass is 437 g/mol. The molecule has 0 aliphatic rings. The van der Waals surface area contributed by atoms with Crippen molar-refractivity contribution < 1.29 is 14.0 Å². The summed E-state index contributed by atoms with van der Waals surface area (Å²) in [6, 6.07) is 13.3. The smallest absolute Gasteiger partial charge is 0.284 e. The summed E-state index contributed by atoms with van der Waals surface area (Å²) >= 11 is 0.948. The molecule has 2 heterocycles. The first-order chi connectivity index (χ1) is 15.0. The second-order valence-electron chi connectivity index (χ2n) is 6.44. The van der Waals surface area contributed by atoms with Crippen LogP contribution in [0.1, 0.15) is 21.7 Å². The third-order valence-electron chi connectivity index (χ3n) is 4.12. The van der Waals surface area contributed by atoms with Crippen LogP contribution in [0, 0.1) is 12.7 Å². The second kappa shape index (κ2) is 10.5. The van der Waals surface area contributed by atoms with Crippen LogP contribution in [0.4, 0.5) is 4.39 Å². The maximum Gasteiger partial charge on any atom is 0.284 e. The number of halogens is 1. The molecule has 0 saturated carbocycles. The molecule has 0 saturated heterocycles. The first kappa shape index (κ1) is 22.1. The Morgan fingerprint density at radius 2 is 2.00 bits per heavy atom. The fourth-order valence-electron chi connectivity index (χ4n) is 2.65. The summed E-state index contributed by atoms with van der Waals surface area (Å²) in [5.41, 5.74) is 5.51. The molecule has 9 heteroatoms. The first-order valence-electron chi connectivity index (χ1n) is 9.27. The van der Waals surface area contributed by atoms with E-state index in [0.29, 0.717) is 28.4 Å². The van der Waals surface area contributed by atoms with Gasteiger partial charge in [0.1, 0.15) is 11.5 Å². The van der Waals surface area contributed by atoms with Crippen molar-refractivity contribution in [1.29, 1.82) is 0 Å². The summed E-state index contributed by atoms with van der Waals surface area (Å²) in [5, 5.41) is 2.71. The number of benzene rings is 1. The molecule has 0 aliphatic carbocycles. The molecule has 0 atom stereocenters. The molecule has 0 bridgehead atoms. The summed E-state index contributed by atoms with van der Waals surface area (Å²) in [6.07, 6.45) is 2.84. The van der Waals surface area contributed by atoms with Crippen LogP contribution in [-0.4, -0.2) is 21.8 Å². The molecule has 31 heavy (non-hydrogen) atoms. The summed E-state index contributed by atoms with van der Waals surface area (Å²) in [5.74, 6) is -1.12. The van der Waals surface area contributed by atoms with E-state index in [1.165, 1.54) is 12.1 Å². The lowest BCUT2D eigenvalue weighted by atomic mass is 10.1. The quantitative estimate of drug-likeness (QED) is 0.284. The van der Waals surface area contributed by atoms with Crippen molar-refractivity contribution in [3.8, 4) is 11.3 Å². The maximum absolute atomic E-state index is 13.7. The van der Waals surface area contributed by atoms with E-state index in [4.69, 9.17) is 0 Å². The predicted octanol–water partition coefficient (Wildman–Crippen LogP) is 3.34. The molecule has 2 amide bonds. The fraction of sp³-hybridized carbons (Fsp3) is 0.0909. The predicted molar refractivity (Wildman–Crippen MR) is 117 cm³/mol. The van der Waals surface area contributed by atoms with E-state index in [-0.39, 0.29) is 17.4 Å². The normalized spacial score (nSPS) is 10.4. The molecular formula is C22H20FN5O2S. The van der Waals surface area contributed by atoms with Crippen LogP contribution in [0.15, 0.2) is 72.3 Å². The van der Waals surface area contributed by atoms with Crippen molar-refractivity contribution in [3.05, 3.63) is 90.2 Å². The number of nitrogens with one attached hydrogen (secondary N) is 3. The zero-order valence-electron chi connectivity index (χ0n) is 16.7. The Morgan fingerprint density at radius 3 is 2.77 bits per heavy atom. The van der Waals surface area contributed by atoms with E-state index in [0.717, 1.165) is 17.5 Å². The largest absolute Gasteiger partial charge is 0.348 e. The molecule has 0 radical (unpaired) electrons. The molecule has 0 fully saturated rings. The van der Waals surface area contributed by atoms with Gasteiger partial charge < -0.3 is 5.32 Å². The third-order valence-corrected chi connectivity index (χ3v) is 4.88. The van der Waals surface area contributed by atoms with Crippen molar-refractivity contribution in [3.63, 3.8) is 0 Å². The average molecular weight is 438 g/mol. The fourth-order valence-corrected chi connectivity index (χ4v) is 3.22. The van der Waals surface area contributed by atoms with E-state index < -0.39 is 5.91 Å². The van der Waals surface area contributed by atoms with Gasteiger partial charge in [-0.15, -0.1) is 0 Å². The Kier molecular flexibility index (Phi) is 7.47. The van der Waals surface area contributed by atoms with Crippen molar-refractivity contribution in [2.75, 3.05) is 0 Å². The Balaban J connectivity index is 1.71. The van der Waals surface area contributed by atoms with Crippen molar-refractivity contribution >= 4 is 23.8 Å². The first-order valence-corrected chi connectivity index (χ1v) is 10.1. The van der Waals surface area contributed by atoms with E-state index in [1.807, 2.05) is 12.1 Å². The molecule has 0 spiro atoms. The van der Waals surface area contributed by atoms with Crippen LogP contribution in [0.25, 0.3) is 11.3 Å². The van der Waals surface area contributed by atoms with Gasteiger partial charge in [0.15, 0.2) is 0 Å². The van der Waals surface area contributed by atoms with Gasteiger partial charge >= 0.3 is 0 Å². The Bertz CT molecular complexity index is 1120. The maximum atomic E-state index is 13.7. The highest BCUT2D eigenvalue weighted by atomic mass is 32.2. The van der Waals surface area contributed by atoms with Gasteiger partial charge in [0, 0.05) is 24.0 Å². The van der Waals surface area contributed by atoms with E-state index >= 15 is 0 Å². The van der Waals surface area contributed by atoms with Gasteiger partial charge in [0.2, 0.25) is 5.91 Å². The third kappa shape index (κ3) is 6.21. The van der Waals surface area contributed by atoms with E-state index in [2.05, 4.69) is 32.1 Å². The Hall–Kier alpha value is -3.56. The number of nitrogens with zero attached hydrogens (tertiary/aromatic N) is 2. The number of carbonyl (C=O) groups excluding carboxylic acids is 2. The van der Waals surface area contributed by atoms with Gasteiger partial charge in [0.05, 0.1) is 10.6 Å². The van der Waals surface area contributed by atoms with Crippen LogP contribution in [-0.2, 0) is 11.3 Å². The lowest BCUT2D eigenvalue weighted by Crippen LogP contribution is -2.33. The number of rotatable bonds is 8. The zero-order valence-corrected chi connectivity index (χ0v) is 17.5. The van der Waals surface area contributed by atoms with Crippen molar-refractivity contribution in [2.24, 2.45) is 0 Å². The van der Waals surface area contributed by atoms with Crippen LogP contribution < -0.4 is 15.6 Å². The van der Waals surface area contributed by atoms with Gasteiger partial charge in [-0.2, -0.15) is 4.83 Å². The molecule has 158 valence electrons. The highest BCUT2D eigenvalue weighted by Crippen LogP contribution is 2.20. The number of pyridine rings is 2. The molecule has 3 N–H and O–H groups in total. The Labute approximate surface area is 183 Å². The zero-order chi connectivity index (χ0) is 22.2. The molecule has 2 aromatic heterocycles. The van der Waals surface area contributed by atoms with Gasteiger partial charge in [-0.1, -0.05) is 18.7 Å². The number of aromatic nitrogens is 2. The lowest BCUT2D eigenvalue weighted by Gasteiger charge is -2.10. The number of hydrogen-bond acceptors (Lipinski definition) is 6. The minimum atomic E-state index is -0.469.